The van der Waals surface area contributed by atoms with Crippen LogP contribution in [0.1, 0.15) is 39.5 Å². The number of hydrogen-bond donors (Lipinski definition) is 0. The third-order valence-corrected chi connectivity index (χ3v) is 4.36. The topological polar surface area (TPSA) is 43.4 Å². The van der Waals surface area contributed by atoms with E-state index in [4.69, 9.17) is 15.4 Å². The van der Waals surface area contributed by atoms with Crippen LogP contribution in [-0.4, -0.2) is 26.9 Å². The Morgan fingerprint density at radius 1 is 1.31 bits per heavy atom. The first-order chi connectivity index (χ1) is 7.46. The molecule has 0 spiro atoms. The lowest BCUT2D eigenvalue weighted by Gasteiger charge is -2.19. The van der Waals surface area contributed by atoms with E-state index in [-0.39, 0.29) is 17.8 Å². The second kappa shape index (κ2) is 6.22. The highest BCUT2D eigenvalue weighted by Crippen LogP contribution is 2.38. The fourth-order valence-electron chi connectivity index (χ4n) is 1.93. The first kappa shape index (κ1) is 14.3. The fourth-order valence-corrected chi connectivity index (χ4v) is 3.29. The van der Waals surface area contributed by atoms with E-state index in [1.54, 1.807) is 0 Å². The second-order valence-corrected chi connectivity index (χ2v) is 7.40. The van der Waals surface area contributed by atoms with Crippen LogP contribution >= 0.6 is 10.7 Å². The molecule has 1 rings (SSSR count). The smallest absolute Gasteiger partial charge is 0.232 e. The normalized spacial score (nSPS) is 19.0. The van der Waals surface area contributed by atoms with Gasteiger partial charge in [-0.05, 0) is 31.6 Å². The van der Waals surface area contributed by atoms with Crippen molar-refractivity contribution in [2.75, 3.05) is 12.4 Å². The molecule has 96 valence electrons. The molecule has 16 heavy (non-hydrogen) atoms. The van der Waals surface area contributed by atoms with Gasteiger partial charge in [-0.15, -0.1) is 0 Å². The van der Waals surface area contributed by atoms with Gasteiger partial charge in [0.25, 0.3) is 0 Å². The molecule has 0 amide bonds. The molecule has 0 aromatic rings. The van der Waals surface area contributed by atoms with Crippen molar-refractivity contribution >= 4 is 19.7 Å². The van der Waals surface area contributed by atoms with Gasteiger partial charge in [-0.25, -0.2) is 8.42 Å². The van der Waals surface area contributed by atoms with Gasteiger partial charge in [0, 0.05) is 16.6 Å². The molecular formula is C11H21ClO3S. The summed E-state index contributed by atoms with van der Waals surface area (Å²) in [5.74, 6) is 0.644. The van der Waals surface area contributed by atoms with Gasteiger partial charge in [0.15, 0.2) is 0 Å². The lowest BCUT2D eigenvalue weighted by Crippen LogP contribution is -2.23. The van der Waals surface area contributed by atoms with Crippen molar-refractivity contribution in [3.05, 3.63) is 0 Å². The Hall–Kier alpha value is 0.200. The average Bonchev–Trinajstić information content (AvgIpc) is 2.99. The van der Waals surface area contributed by atoms with Crippen LogP contribution in [-0.2, 0) is 13.8 Å². The molecule has 5 heteroatoms. The van der Waals surface area contributed by atoms with Crippen molar-refractivity contribution in [1.29, 1.82) is 0 Å². The lowest BCUT2D eigenvalue weighted by atomic mass is 10.1. The number of halogens is 1. The zero-order valence-corrected chi connectivity index (χ0v) is 11.6. The maximum absolute atomic E-state index is 11.1. The summed E-state index contributed by atoms with van der Waals surface area (Å²) in [6.45, 7) is 4.69. The highest BCUT2D eigenvalue weighted by atomic mass is 35.7. The zero-order valence-electron chi connectivity index (χ0n) is 9.99. The maximum atomic E-state index is 11.1. The quantitative estimate of drug-likeness (QED) is 0.636. The van der Waals surface area contributed by atoms with Crippen molar-refractivity contribution in [2.45, 2.75) is 45.6 Å². The molecule has 1 atom stereocenters. The van der Waals surface area contributed by atoms with Crippen LogP contribution in [0.5, 0.6) is 0 Å². The Balaban J connectivity index is 2.39. The lowest BCUT2D eigenvalue weighted by molar-refractivity contribution is 0.0247. The van der Waals surface area contributed by atoms with Crippen LogP contribution in [0.3, 0.4) is 0 Å². The molecule has 3 nitrogen and oxygen atoms in total. The van der Waals surface area contributed by atoms with Gasteiger partial charge < -0.3 is 4.74 Å². The van der Waals surface area contributed by atoms with Gasteiger partial charge in [0.05, 0.1) is 18.5 Å². The van der Waals surface area contributed by atoms with Gasteiger partial charge in [0.1, 0.15) is 0 Å². The molecule has 1 unspecified atom stereocenters. The molecule has 1 fully saturated rings. The first-order valence-electron chi connectivity index (χ1n) is 6.00. The minimum atomic E-state index is -3.40. The molecule has 1 aliphatic rings. The summed E-state index contributed by atoms with van der Waals surface area (Å²) >= 11 is 0. The van der Waals surface area contributed by atoms with Gasteiger partial charge in [-0.1, -0.05) is 13.8 Å². The minimum Gasteiger partial charge on any atom is -0.378 e. The Morgan fingerprint density at radius 2 is 1.88 bits per heavy atom. The summed E-state index contributed by atoms with van der Waals surface area (Å²) < 4.78 is 27.9. The highest BCUT2D eigenvalue weighted by molar-refractivity contribution is 8.13. The molecular weight excluding hydrogens is 248 g/mol. The van der Waals surface area contributed by atoms with E-state index in [2.05, 4.69) is 13.8 Å². The van der Waals surface area contributed by atoms with Gasteiger partial charge >= 0.3 is 0 Å². The minimum absolute atomic E-state index is 0.0549. The monoisotopic (exact) mass is 268 g/mol. The summed E-state index contributed by atoms with van der Waals surface area (Å²) in [6, 6.07) is 0. The number of rotatable bonds is 8. The molecule has 0 saturated heterocycles. The maximum Gasteiger partial charge on any atom is 0.232 e. The van der Waals surface area contributed by atoms with Crippen molar-refractivity contribution < 1.29 is 13.2 Å². The van der Waals surface area contributed by atoms with E-state index >= 15 is 0 Å². The molecule has 0 aliphatic heterocycles. The summed E-state index contributed by atoms with van der Waals surface area (Å²) in [5.41, 5.74) is 0. The standard InChI is InChI=1S/C11H21ClO3S/c1-3-11(4-2)15-7-10(9-5-6-9)8-16(12,13)14/h9-11H,3-8H2,1-2H3. The van der Waals surface area contributed by atoms with Crippen molar-refractivity contribution in [3.8, 4) is 0 Å². The van der Waals surface area contributed by atoms with Crippen LogP contribution < -0.4 is 0 Å². The number of hydrogen-bond acceptors (Lipinski definition) is 3. The SMILES string of the molecule is CCC(CC)OCC(CS(=O)(=O)Cl)C1CC1. The van der Waals surface area contributed by atoms with Crippen LogP contribution in [0, 0.1) is 11.8 Å². The van der Waals surface area contributed by atoms with Crippen LogP contribution in [0.15, 0.2) is 0 Å². The Kier molecular flexibility index (Phi) is 5.54. The zero-order chi connectivity index (χ0) is 12.2. The van der Waals surface area contributed by atoms with Crippen LogP contribution in [0.25, 0.3) is 0 Å². The summed E-state index contributed by atoms with van der Waals surface area (Å²) in [7, 11) is 1.90. The van der Waals surface area contributed by atoms with Crippen LogP contribution in [0.2, 0.25) is 0 Å². The number of ether oxygens (including phenoxy) is 1. The molecule has 0 bridgehead atoms. The molecule has 1 aliphatic carbocycles. The van der Waals surface area contributed by atoms with Crippen LogP contribution in [0.4, 0.5) is 0 Å². The molecule has 0 radical (unpaired) electrons. The molecule has 1 saturated carbocycles. The largest absolute Gasteiger partial charge is 0.378 e. The molecule has 0 aromatic carbocycles. The van der Waals surface area contributed by atoms with E-state index in [0.29, 0.717) is 12.5 Å². The Labute approximate surface area is 103 Å². The van der Waals surface area contributed by atoms with E-state index in [9.17, 15) is 8.42 Å². The van der Waals surface area contributed by atoms with Crippen molar-refractivity contribution in [1.82, 2.24) is 0 Å². The summed E-state index contributed by atoms with van der Waals surface area (Å²) in [5, 5.41) is 0. The molecule has 0 heterocycles. The average molecular weight is 269 g/mol. The van der Waals surface area contributed by atoms with E-state index < -0.39 is 9.05 Å². The van der Waals surface area contributed by atoms with Crippen molar-refractivity contribution in [2.24, 2.45) is 11.8 Å². The predicted molar refractivity (Wildman–Crippen MR) is 66.2 cm³/mol. The Morgan fingerprint density at radius 3 is 2.25 bits per heavy atom. The van der Waals surface area contributed by atoms with Crippen molar-refractivity contribution in [3.63, 3.8) is 0 Å². The highest BCUT2D eigenvalue weighted by Gasteiger charge is 2.34. The van der Waals surface area contributed by atoms with Gasteiger partial charge in [-0.2, -0.15) is 0 Å². The third kappa shape index (κ3) is 5.51. The van der Waals surface area contributed by atoms with E-state index in [0.717, 1.165) is 25.7 Å². The third-order valence-electron chi connectivity index (χ3n) is 3.16. The summed E-state index contributed by atoms with van der Waals surface area (Å²) in [4.78, 5) is 0. The van der Waals surface area contributed by atoms with E-state index in [1.807, 2.05) is 0 Å². The summed E-state index contributed by atoms with van der Waals surface area (Å²) in [6.07, 6.45) is 4.43. The first-order valence-corrected chi connectivity index (χ1v) is 8.48. The fraction of sp³-hybridized carbons (Fsp3) is 1.00. The van der Waals surface area contributed by atoms with Gasteiger partial charge in [-0.3, -0.25) is 0 Å². The second-order valence-electron chi connectivity index (χ2n) is 4.57. The molecule has 0 N–H and O–H groups in total. The molecule has 0 aromatic heterocycles. The Bertz CT molecular complexity index is 294. The predicted octanol–water partition coefficient (Wildman–Crippen LogP) is 2.79. The van der Waals surface area contributed by atoms with E-state index in [1.165, 1.54) is 0 Å². The van der Waals surface area contributed by atoms with Gasteiger partial charge in [0.2, 0.25) is 9.05 Å².